The number of hydrogen-bond acceptors (Lipinski definition) is 3. The molecule has 0 bridgehead atoms. The maximum Gasteiger partial charge on any atom is 0.305 e. The van der Waals surface area contributed by atoms with E-state index in [9.17, 15) is 4.79 Å². The Labute approximate surface area is 85.1 Å². The van der Waals surface area contributed by atoms with Crippen LogP contribution in [0.5, 0.6) is 0 Å². The quantitative estimate of drug-likeness (QED) is 0.582. The highest BCUT2D eigenvalue weighted by Crippen LogP contribution is 2.16. The molecule has 4 nitrogen and oxygen atoms in total. The van der Waals surface area contributed by atoms with E-state index in [-0.39, 0.29) is 12.0 Å². The Kier molecular flexibility index (Phi) is 3.89. The Hall–Kier alpha value is -0.610. The van der Waals surface area contributed by atoms with Gasteiger partial charge in [0.25, 0.3) is 0 Å². The molecular weight excluding hydrogens is 180 g/mol. The Morgan fingerprint density at radius 2 is 2.29 bits per heavy atom. The molecule has 0 aromatic heterocycles. The average molecular weight is 200 g/mol. The lowest BCUT2D eigenvalue weighted by atomic mass is 9.88. The number of rotatable bonds is 6. The molecule has 0 aromatic carbocycles. The van der Waals surface area contributed by atoms with Crippen LogP contribution in [0.4, 0.5) is 0 Å². The molecule has 1 fully saturated rings. The van der Waals surface area contributed by atoms with Crippen molar-refractivity contribution in [3.63, 3.8) is 0 Å². The lowest BCUT2D eigenvalue weighted by Crippen LogP contribution is -2.68. The first-order valence-electron chi connectivity index (χ1n) is 5.25. The fraction of sp³-hybridized carbons (Fsp3) is 0.900. The van der Waals surface area contributed by atoms with E-state index in [1.165, 1.54) is 0 Å². The number of carbonyl (C=O) groups is 1. The van der Waals surface area contributed by atoms with E-state index in [2.05, 4.69) is 24.5 Å². The van der Waals surface area contributed by atoms with Crippen LogP contribution in [-0.2, 0) is 4.79 Å². The van der Waals surface area contributed by atoms with Crippen molar-refractivity contribution in [2.45, 2.75) is 32.2 Å². The molecule has 1 saturated heterocycles. The summed E-state index contributed by atoms with van der Waals surface area (Å²) in [5, 5.41) is 15.3. The van der Waals surface area contributed by atoms with Crippen LogP contribution < -0.4 is 10.6 Å². The zero-order valence-corrected chi connectivity index (χ0v) is 8.97. The van der Waals surface area contributed by atoms with Gasteiger partial charge in [0, 0.05) is 13.1 Å². The summed E-state index contributed by atoms with van der Waals surface area (Å²) in [5.74, 6) is -0.107. The molecule has 1 heterocycles. The molecule has 4 heteroatoms. The van der Waals surface area contributed by atoms with E-state index in [0.717, 1.165) is 26.1 Å². The maximum absolute atomic E-state index is 10.7. The molecule has 1 atom stereocenters. The zero-order valence-electron chi connectivity index (χ0n) is 8.97. The van der Waals surface area contributed by atoms with Gasteiger partial charge in [0.15, 0.2) is 0 Å². The minimum Gasteiger partial charge on any atom is -0.481 e. The van der Waals surface area contributed by atoms with Gasteiger partial charge in [0.1, 0.15) is 0 Å². The second-order valence-corrected chi connectivity index (χ2v) is 4.35. The molecule has 1 rings (SSSR count). The van der Waals surface area contributed by atoms with E-state index in [1.54, 1.807) is 0 Å². The highest BCUT2D eigenvalue weighted by molar-refractivity contribution is 5.68. The number of hydrogen-bond donors (Lipinski definition) is 3. The van der Waals surface area contributed by atoms with Gasteiger partial charge in [0.2, 0.25) is 0 Å². The van der Waals surface area contributed by atoms with Gasteiger partial charge in [-0.25, -0.2) is 0 Å². The fourth-order valence-electron chi connectivity index (χ4n) is 1.56. The third-order valence-electron chi connectivity index (χ3n) is 2.94. The van der Waals surface area contributed by atoms with Crippen LogP contribution in [0.1, 0.15) is 26.7 Å². The lowest BCUT2D eigenvalue weighted by Gasteiger charge is -2.43. The van der Waals surface area contributed by atoms with Crippen molar-refractivity contribution < 1.29 is 9.90 Å². The summed E-state index contributed by atoms with van der Waals surface area (Å²) in [7, 11) is 0. The second-order valence-electron chi connectivity index (χ2n) is 4.35. The first-order chi connectivity index (χ1) is 6.58. The molecular formula is C10H20N2O2. The van der Waals surface area contributed by atoms with Crippen molar-refractivity contribution in [2.75, 3.05) is 19.6 Å². The van der Waals surface area contributed by atoms with Crippen molar-refractivity contribution in [3.8, 4) is 0 Å². The van der Waals surface area contributed by atoms with Crippen LogP contribution in [0.25, 0.3) is 0 Å². The summed E-state index contributed by atoms with van der Waals surface area (Å²) in [5.41, 5.74) is -0.185. The van der Waals surface area contributed by atoms with Gasteiger partial charge in [-0.3, -0.25) is 4.79 Å². The molecule has 82 valence electrons. The molecule has 14 heavy (non-hydrogen) atoms. The number of carboxylic acid groups (broad SMARTS) is 1. The van der Waals surface area contributed by atoms with Gasteiger partial charge in [-0.1, -0.05) is 20.3 Å². The topological polar surface area (TPSA) is 61.4 Å². The van der Waals surface area contributed by atoms with Gasteiger partial charge >= 0.3 is 5.97 Å². The van der Waals surface area contributed by atoms with E-state index in [0.29, 0.717) is 5.92 Å². The Balaban J connectivity index is 2.34. The summed E-state index contributed by atoms with van der Waals surface area (Å²) < 4.78 is 0. The van der Waals surface area contributed by atoms with Crippen LogP contribution in [0.3, 0.4) is 0 Å². The van der Waals surface area contributed by atoms with Gasteiger partial charge in [-0.15, -0.1) is 0 Å². The third-order valence-corrected chi connectivity index (χ3v) is 2.94. The van der Waals surface area contributed by atoms with Gasteiger partial charge < -0.3 is 15.7 Å². The second kappa shape index (κ2) is 4.75. The van der Waals surface area contributed by atoms with Crippen LogP contribution in [0.2, 0.25) is 0 Å². The first-order valence-corrected chi connectivity index (χ1v) is 5.25. The normalized spacial score (nSPS) is 21.3. The molecule has 0 spiro atoms. The summed E-state index contributed by atoms with van der Waals surface area (Å²) in [6.07, 6.45) is 1.35. The number of carboxylic acids is 1. The van der Waals surface area contributed by atoms with E-state index in [1.807, 2.05) is 0 Å². The molecule has 0 aromatic rings. The molecule has 1 unspecified atom stereocenters. The zero-order chi connectivity index (χ0) is 10.6. The van der Waals surface area contributed by atoms with E-state index in [4.69, 9.17) is 5.11 Å². The highest BCUT2D eigenvalue weighted by Gasteiger charge is 2.38. The third kappa shape index (κ3) is 2.96. The SMILES string of the molecule is CCC(C)CNC1(CC(=O)O)CNC1. The minimum absolute atomic E-state index is 0.185. The summed E-state index contributed by atoms with van der Waals surface area (Å²) in [6, 6.07) is 0. The maximum atomic E-state index is 10.7. The fourth-order valence-corrected chi connectivity index (χ4v) is 1.56. The molecule has 1 aliphatic heterocycles. The Morgan fingerprint density at radius 1 is 1.64 bits per heavy atom. The molecule has 0 radical (unpaired) electrons. The largest absolute Gasteiger partial charge is 0.481 e. The number of aliphatic carboxylic acids is 1. The van der Waals surface area contributed by atoms with Crippen molar-refractivity contribution in [2.24, 2.45) is 5.92 Å². The molecule has 0 saturated carbocycles. The van der Waals surface area contributed by atoms with Crippen LogP contribution in [0.15, 0.2) is 0 Å². The minimum atomic E-state index is -0.719. The van der Waals surface area contributed by atoms with E-state index < -0.39 is 5.97 Å². The predicted molar refractivity (Wildman–Crippen MR) is 55.3 cm³/mol. The van der Waals surface area contributed by atoms with Crippen molar-refractivity contribution in [3.05, 3.63) is 0 Å². The van der Waals surface area contributed by atoms with Gasteiger partial charge in [-0.2, -0.15) is 0 Å². The first kappa shape index (κ1) is 11.5. The van der Waals surface area contributed by atoms with Crippen molar-refractivity contribution in [1.29, 1.82) is 0 Å². The summed E-state index contributed by atoms with van der Waals surface area (Å²) >= 11 is 0. The Morgan fingerprint density at radius 3 is 2.64 bits per heavy atom. The van der Waals surface area contributed by atoms with Crippen LogP contribution in [0, 0.1) is 5.92 Å². The van der Waals surface area contributed by atoms with E-state index >= 15 is 0 Å². The van der Waals surface area contributed by atoms with Crippen LogP contribution in [-0.4, -0.2) is 36.2 Å². The monoisotopic (exact) mass is 200 g/mol. The summed E-state index contributed by atoms with van der Waals surface area (Å²) in [6.45, 7) is 6.78. The molecule has 0 amide bonds. The predicted octanol–water partition coefficient (Wildman–Crippen LogP) is 0.439. The van der Waals surface area contributed by atoms with Crippen molar-refractivity contribution >= 4 is 5.97 Å². The van der Waals surface area contributed by atoms with Crippen molar-refractivity contribution in [1.82, 2.24) is 10.6 Å². The highest BCUT2D eigenvalue weighted by atomic mass is 16.4. The molecule has 0 aliphatic carbocycles. The molecule has 1 aliphatic rings. The smallest absolute Gasteiger partial charge is 0.305 e. The van der Waals surface area contributed by atoms with Gasteiger partial charge in [0.05, 0.1) is 12.0 Å². The Bertz CT molecular complexity index is 202. The standard InChI is InChI=1S/C10H20N2O2/c1-3-8(2)5-12-10(4-9(13)14)6-11-7-10/h8,11-12H,3-7H2,1-2H3,(H,13,14). The number of nitrogens with one attached hydrogen (secondary N) is 2. The summed E-state index contributed by atoms with van der Waals surface area (Å²) in [4.78, 5) is 10.7. The average Bonchev–Trinajstić information content (AvgIpc) is 2.08. The van der Waals surface area contributed by atoms with Gasteiger partial charge in [-0.05, 0) is 12.5 Å². The van der Waals surface area contributed by atoms with Crippen LogP contribution >= 0.6 is 0 Å². The lowest BCUT2D eigenvalue weighted by molar-refractivity contribution is -0.139. The molecule has 3 N–H and O–H groups in total.